The highest BCUT2D eigenvalue weighted by atomic mass is 32.2. The second-order valence-electron chi connectivity index (χ2n) is 7.05. The molecule has 0 aliphatic carbocycles. The second kappa shape index (κ2) is 7.29. The molecule has 0 amide bonds. The summed E-state index contributed by atoms with van der Waals surface area (Å²) in [7, 11) is -3.66. The topological polar surface area (TPSA) is 86.9 Å². The van der Waals surface area contributed by atoms with Crippen LogP contribution in [-0.4, -0.2) is 28.0 Å². The number of aromatic nitrogens is 4. The first-order valence-electron chi connectivity index (χ1n) is 9.20. The number of sulfone groups is 1. The SMILES string of the molecule is CC(C)n1ccc(Cn2ncc3cc(S(=O)(=O)c4ccccc4)ccc3c2=O)n1. The van der Waals surface area contributed by atoms with Gasteiger partial charge in [-0.15, -0.1) is 0 Å². The highest BCUT2D eigenvalue weighted by Crippen LogP contribution is 2.23. The Labute approximate surface area is 168 Å². The number of hydrogen-bond donors (Lipinski definition) is 0. The fourth-order valence-electron chi connectivity index (χ4n) is 3.08. The number of hydrogen-bond acceptors (Lipinski definition) is 5. The van der Waals surface area contributed by atoms with E-state index in [-0.39, 0.29) is 27.9 Å². The van der Waals surface area contributed by atoms with Gasteiger partial charge in [-0.05, 0) is 50.2 Å². The van der Waals surface area contributed by atoms with Crippen molar-refractivity contribution in [2.24, 2.45) is 0 Å². The molecule has 0 aliphatic rings. The van der Waals surface area contributed by atoms with Crippen molar-refractivity contribution in [2.45, 2.75) is 36.2 Å². The minimum Gasteiger partial charge on any atom is -0.270 e. The van der Waals surface area contributed by atoms with Crippen LogP contribution in [0.25, 0.3) is 10.8 Å². The van der Waals surface area contributed by atoms with E-state index in [9.17, 15) is 13.2 Å². The summed E-state index contributed by atoms with van der Waals surface area (Å²) in [5, 5.41) is 9.55. The van der Waals surface area contributed by atoms with Gasteiger partial charge in [-0.3, -0.25) is 9.48 Å². The first-order valence-corrected chi connectivity index (χ1v) is 10.7. The van der Waals surface area contributed by atoms with E-state index in [4.69, 9.17) is 0 Å². The van der Waals surface area contributed by atoms with E-state index in [1.165, 1.54) is 23.0 Å². The minimum atomic E-state index is -3.66. The predicted octanol–water partition coefficient (Wildman–Crippen LogP) is 3.06. The molecule has 0 saturated carbocycles. The standard InChI is InChI=1S/C21H20N4O3S/c1-15(2)24-11-10-17(23-24)14-25-21(26)20-9-8-19(12-16(20)13-22-25)29(27,28)18-6-4-3-5-7-18/h3-13,15H,14H2,1-2H3. The molecule has 2 aromatic carbocycles. The Morgan fingerprint density at radius 1 is 1.00 bits per heavy atom. The van der Waals surface area contributed by atoms with Gasteiger partial charge in [-0.1, -0.05) is 18.2 Å². The minimum absolute atomic E-state index is 0.130. The van der Waals surface area contributed by atoms with Crippen molar-refractivity contribution in [3.63, 3.8) is 0 Å². The fraction of sp³-hybridized carbons (Fsp3) is 0.190. The lowest BCUT2D eigenvalue weighted by molar-refractivity contribution is 0.518. The third kappa shape index (κ3) is 3.58. The van der Waals surface area contributed by atoms with Crippen molar-refractivity contribution in [3.8, 4) is 0 Å². The molecular weight excluding hydrogens is 388 g/mol. The van der Waals surface area contributed by atoms with Crippen LogP contribution in [-0.2, 0) is 16.4 Å². The van der Waals surface area contributed by atoms with Crippen LogP contribution in [0.4, 0.5) is 0 Å². The Hall–Kier alpha value is -3.26. The number of nitrogens with zero attached hydrogens (tertiary/aromatic N) is 4. The van der Waals surface area contributed by atoms with Gasteiger partial charge in [0.1, 0.15) is 0 Å². The van der Waals surface area contributed by atoms with Crippen molar-refractivity contribution in [3.05, 3.63) is 83.0 Å². The van der Waals surface area contributed by atoms with Gasteiger partial charge in [-0.2, -0.15) is 10.2 Å². The van der Waals surface area contributed by atoms with Gasteiger partial charge >= 0.3 is 0 Å². The molecule has 29 heavy (non-hydrogen) atoms. The van der Waals surface area contributed by atoms with Crippen LogP contribution in [0, 0.1) is 0 Å². The van der Waals surface area contributed by atoms with Crippen LogP contribution in [0.3, 0.4) is 0 Å². The molecule has 2 heterocycles. The summed E-state index contributed by atoms with van der Waals surface area (Å²) in [6.45, 7) is 4.30. The van der Waals surface area contributed by atoms with E-state index in [1.54, 1.807) is 36.4 Å². The molecular formula is C21H20N4O3S. The second-order valence-corrected chi connectivity index (χ2v) is 9.00. The molecule has 0 aliphatic heterocycles. The van der Waals surface area contributed by atoms with Gasteiger partial charge in [0, 0.05) is 17.6 Å². The summed E-state index contributed by atoms with van der Waals surface area (Å²) in [6.07, 6.45) is 3.38. The fourth-order valence-corrected chi connectivity index (χ4v) is 4.40. The van der Waals surface area contributed by atoms with E-state index in [0.29, 0.717) is 10.8 Å². The Bertz CT molecular complexity index is 1340. The number of benzene rings is 2. The summed E-state index contributed by atoms with van der Waals surface area (Å²) in [6, 6.07) is 14.8. The molecule has 0 spiro atoms. The molecule has 148 valence electrons. The van der Waals surface area contributed by atoms with Crippen LogP contribution in [0.2, 0.25) is 0 Å². The lowest BCUT2D eigenvalue weighted by Gasteiger charge is -2.08. The molecule has 0 saturated heterocycles. The average molecular weight is 408 g/mol. The van der Waals surface area contributed by atoms with E-state index in [0.717, 1.165) is 5.69 Å². The average Bonchev–Trinajstić information content (AvgIpc) is 3.19. The highest BCUT2D eigenvalue weighted by Gasteiger charge is 2.18. The Morgan fingerprint density at radius 3 is 2.45 bits per heavy atom. The molecule has 7 nitrogen and oxygen atoms in total. The summed E-state index contributed by atoms with van der Waals surface area (Å²) < 4.78 is 28.8. The first-order chi connectivity index (χ1) is 13.9. The van der Waals surface area contributed by atoms with Crippen molar-refractivity contribution >= 4 is 20.6 Å². The van der Waals surface area contributed by atoms with Crippen molar-refractivity contribution in [1.29, 1.82) is 0 Å². The van der Waals surface area contributed by atoms with Crippen LogP contribution >= 0.6 is 0 Å². The van der Waals surface area contributed by atoms with Gasteiger partial charge < -0.3 is 0 Å². The third-order valence-corrected chi connectivity index (χ3v) is 6.46. The lowest BCUT2D eigenvalue weighted by Crippen LogP contribution is -2.23. The molecule has 4 rings (SSSR count). The van der Waals surface area contributed by atoms with Crippen molar-refractivity contribution in [1.82, 2.24) is 19.6 Å². The molecule has 0 bridgehead atoms. The van der Waals surface area contributed by atoms with E-state index < -0.39 is 9.84 Å². The highest BCUT2D eigenvalue weighted by molar-refractivity contribution is 7.91. The molecule has 0 fully saturated rings. The van der Waals surface area contributed by atoms with E-state index in [1.807, 2.05) is 30.8 Å². The van der Waals surface area contributed by atoms with Gasteiger partial charge in [0.2, 0.25) is 9.84 Å². The van der Waals surface area contributed by atoms with Gasteiger partial charge in [0.05, 0.1) is 33.6 Å². The zero-order chi connectivity index (χ0) is 20.6. The zero-order valence-corrected chi connectivity index (χ0v) is 16.9. The van der Waals surface area contributed by atoms with Gasteiger partial charge in [0.15, 0.2) is 0 Å². The summed E-state index contributed by atoms with van der Waals surface area (Å²) in [5.41, 5.74) is 0.446. The Balaban J connectivity index is 1.71. The molecule has 2 aromatic heterocycles. The van der Waals surface area contributed by atoms with Crippen LogP contribution in [0.5, 0.6) is 0 Å². The number of rotatable bonds is 5. The molecule has 0 radical (unpaired) electrons. The molecule has 0 N–H and O–H groups in total. The third-order valence-electron chi connectivity index (χ3n) is 4.69. The summed E-state index contributed by atoms with van der Waals surface area (Å²) >= 11 is 0. The lowest BCUT2D eigenvalue weighted by atomic mass is 10.2. The quantitative estimate of drug-likeness (QED) is 0.507. The van der Waals surface area contributed by atoms with E-state index >= 15 is 0 Å². The monoisotopic (exact) mass is 408 g/mol. The number of fused-ring (bicyclic) bond motifs is 1. The maximum absolute atomic E-state index is 12.8. The van der Waals surface area contributed by atoms with Gasteiger partial charge in [-0.25, -0.2) is 13.1 Å². The van der Waals surface area contributed by atoms with Gasteiger partial charge in [0.25, 0.3) is 5.56 Å². The van der Waals surface area contributed by atoms with E-state index in [2.05, 4.69) is 10.2 Å². The maximum Gasteiger partial charge on any atom is 0.274 e. The predicted molar refractivity (Wildman–Crippen MR) is 110 cm³/mol. The Morgan fingerprint density at radius 2 is 1.76 bits per heavy atom. The summed E-state index contributed by atoms with van der Waals surface area (Å²) in [5.74, 6) is 0. The van der Waals surface area contributed by atoms with Crippen molar-refractivity contribution < 1.29 is 8.42 Å². The zero-order valence-electron chi connectivity index (χ0n) is 16.1. The molecule has 4 aromatic rings. The largest absolute Gasteiger partial charge is 0.274 e. The normalized spacial score (nSPS) is 12.0. The van der Waals surface area contributed by atoms with Crippen LogP contribution in [0.1, 0.15) is 25.6 Å². The smallest absolute Gasteiger partial charge is 0.270 e. The Kier molecular flexibility index (Phi) is 4.79. The van der Waals surface area contributed by atoms with Crippen LogP contribution in [0.15, 0.2) is 81.6 Å². The first kappa shape index (κ1) is 19.1. The van der Waals surface area contributed by atoms with Crippen LogP contribution < -0.4 is 5.56 Å². The molecule has 0 unspecified atom stereocenters. The van der Waals surface area contributed by atoms with Crippen molar-refractivity contribution in [2.75, 3.05) is 0 Å². The molecule has 0 atom stereocenters. The summed E-state index contributed by atoms with van der Waals surface area (Å²) in [4.78, 5) is 13.2. The maximum atomic E-state index is 12.8. The molecule has 8 heteroatoms.